The second kappa shape index (κ2) is 9.60. The zero-order valence-corrected chi connectivity index (χ0v) is 15.6. The summed E-state index contributed by atoms with van der Waals surface area (Å²) in [4.78, 5) is 0. The molecule has 1 N–H and O–H groups in total. The highest BCUT2D eigenvalue weighted by molar-refractivity contribution is 7.86. The Bertz CT molecular complexity index is 561. The Morgan fingerprint density at radius 3 is 2.46 bits per heavy atom. The summed E-state index contributed by atoms with van der Waals surface area (Å²) in [7, 11) is -4.04. The third kappa shape index (κ3) is 6.23. The fourth-order valence-electron chi connectivity index (χ4n) is 2.60. The Balaban J connectivity index is 1.73. The van der Waals surface area contributed by atoms with Crippen LogP contribution in [0.1, 0.15) is 45.4 Å². The number of rotatable bonds is 10. The molecule has 1 aromatic rings. The van der Waals surface area contributed by atoms with Gasteiger partial charge < -0.3 is 14.2 Å². The van der Waals surface area contributed by atoms with Gasteiger partial charge >= 0.3 is 0 Å². The van der Waals surface area contributed by atoms with Gasteiger partial charge in [0.05, 0.1) is 5.25 Å². The second-order valence-electron chi connectivity index (χ2n) is 5.99. The third-order valence-corrected chi connectivity index (χ3v) is 6.05. The van der Waals surface area contributed by atoms with Crippen LogP contribution < -0.4 is 9.47 Å². The summed E-state index contributed by atoms with van der Waals surface area (Å²) in [6.45, 7) is 3.10. The maximum Gasteiger partial charge on any atom is 0.267 e. The largest absolute Gasteiger partial charge is 0.486 e. The van der Waals surface area contributed by atoms with Crippen molar-refractivity contribution in [3.63, 3.8) is 0 Å². The van der Waals surface area contributed by atoms with E-state index in [0.29, 0.717) is 19.6 Å². The van der Waals surface area contributed by atoms with E-state index >= 15 is 0 Å². The highest BCUT2D eigenvalue weighted by Crippen LogP contribution is 2.33. The van der Waals surface area contributed by atoms with E-state index in [-0.39, 0.29) is 19.1 Å². The number of ether oxygens (including phenoxy) is 3. The molecule has 138 valence electrons. The molecule has 0 fully saturated rings. The lowest BCUT2D eigenvalue weighted by atomic mass is 10.1. The monoisotopic (exact) mass is 378 g/mol. The van der Waals surface area contributed by atoms with Crippen molar-refractivity contribution >= 4 is 21.5 Å². The molecule has 1 unspecified atom stereocenters. The molecule has 2 rings (SSSR count). The van der Waals surface area contributed by atoms with Gasteiger partial charge in [0, 0.05) is 17.4 Å². The first-order valence-electron chi connectivity index (χ1n) is 8.40. The molecule has 24 heavy (non-hydrogen) atoms. The van der Waals surface area contributed by atoms with Crippen LogP contribution in [-0.4, -0.2) is 44.1 Å². The summed E-state index contributed by atoms with van der Waals surface area (Å²) in [6, 6.07) is 0. The van der Waals surface area contributed by atoms with Crippen molar-refractivity contribution in [2.45, 2.75) is 56.8 Å². The highest BCUT2D eigenvalue weighted by atomic mass is 32.2. The number of hydrogen-bond acceptors (Lipinski definition) is 6. The van der Waals surface area contributed by atoms with Crippen LogP contribution in [0.3, 0.4) is 0 Å². The molecule has 0 bridgehead atoms. The van der Waals surface area contributed by atoms with Crippen molar-refractivity contribution in [2.24, 2.45) is 0 Å². The van der Waals surface area contributed by atoms with E-state index in [1.54, 1.807) is 0 Å². The lowest BCUT2D eigenvalue weighted by Gasteiger charge is -2.18. The van der Waals surface area contributed by atoms with Gasteiger partial charge in [-0.2, -0.15) is 8.42 Å². The van der Waals surface area contributed by atoms with Crippen molar-refractivity contribution in [1.82, 2.24) is 0 Å². The van der Waals surface area contributed by atoms with Crippen LogP contribution in [0.15, 0.2) is 10.8 Å². The maximum absolute atomic E-state index is 11.5. The van der Waals surface area contributed by atoms with Gasteiger partial charge in [0.25, 0.3) is 10.1 Å². The van der Waals surface area contributed by atoms with Gasteiger partial charge in [0.2, 0.25) is 0 Å². The molecule has 0 aromatic carbocycles. The van der Waals surface area contributed by atoms with Gasteiger partial charge in [-0.3, -0.25) is 4.55 Å². The summed E-state index contributed by atoms with van der Waals surface area (Å²) in [5.74, 6) is 1.44. The summed E-state index contributed by atoms with van der Waals surface area (Å²) in [6.07, 6.45) is 4.45. The zero-order valence-electron chi connectivity index (χ0n) is 14.0. The molecule has 2 heterocycles. The Labute approximate surface area is 147 Å². The summed E-state index contributed by atoms with van der Waals surface area (Å²) in [5, 5.41) is 2.99. The molecule has 0 aliphatic carbocycles. The van der Waals surface area contributed by atoms with E-state index in [9.17, 15) is 13.0 Å². The Morgan fingerprint density at radius 1 is 1.21 bits per heavy atom. The predicted molar refractivity (Wildman–Crippen MR) is 93.8 cm³/mol. The van der Waals surface area contributed by atoms with Crippen LogP contribution in [0.4, 0.5) is 0 Å². The number of hydrogen-bond donors (Lipinski definition) is 1. The predicted octanol–water partition coefficient (Wildman–Crippen LogP) is 3.52. The first-order valence-corrected chi connectivity index (χ1v) is 10.8. The van der Waals surface area contributed by atoms with Crippen LogP contribution in [0, 0.1) is 0 Å². The zero-order chi connectivity index (χ0) is 17.4. The van der Waals surface area contributed by atoms with Crippen LogP contribution in [-0.2, 0) is 14.9 Å². The summed E-state index contributed by atoms with van der Waals surface area (Å²) >= 11 is 1.52. The van der Waals surface area contributed by atoms with E-state index in [1.165, 1.54) is 11.3 Å². The van der Waals surface area contributed by atoms with Crippen LogP contribution >= 0.6 is 11.3 Å². The molecule has 1 aliphatic rings. The Morgan fingerprint density at radius 2 is 1.88 bits per heavy atom. The molecule has 0 saturated carbocycles. The van der Waals surface area contributed by atoms with Crippen molar-refractivity contribution in [1.29, 1.82) is 0 Å². The number of unbranched alkanes of at least 4 members (excludes halogenated alkanes) is 3. The first kappa shape index (κ1) is 19.5. The van der Waals surface area contributed by atoms with E-state index in [0.717, 1.165) is 37.2 Å². The molecule has 0 amide bonds. The second-order valence-corrected chi connectivity index (χ2v) is 8.43. The Kier molecular flexibility index (Phi) is 7.80. The quantitative estimate of drug-likeness (QED) is 0.495. The molecule has 1 aliphatic heterocycles. The molecular weight excluding hydrogens is 352 g/mol. The number of fused-ring (bicyclic) bond motifs is 1. The van der Waals surface area contributed by atoms with Gasteiger partial charge in [0.15, 0.2) is 11.5 Å². The minimum atomic E-state index is -4.04. The average Bonchev–Trinajstić information content (AvgIpc) is 2.89. The molecule has 0 radical (unpaired) electrons. The molecular formula is C16H26O6S2. The highest BCUT2D eigenvalue weighted by Gasteiger charge is 2.24. The van der Waals surface area contributed by atoms with E-state index in [2.05, 4.69) is 6.92 Å². The fourth-order valence-corrected chi connectivity index (χ4v) is 4.14. The standard InChI is InChI=1S/C16H26O6S2/c1-2-3-4-5-6-14(24(17,18)19)7-8-20-13-9-21-15-11-23-12-16(15)22-10-13/h11-14H,2-10H2,1H3,(H,17,18,19). The normalized spacial score (nSPS) is 16.8. The maximum atomic E-state index is 11.5. The lowest BCUT2D eigenvalue weighted by Crippen LogP contribution is -2.29. The van der Waals surface area contributed by atoms with Gasteiger partial charge in [-0.05, 0) is 12.8 Å². The smallest absolute Gasteiger partial charge is 0.267 e. The summed E-state index contributed by atoms with van der Waals surface area (Å²) in [5.41, 5.74) is 0. The minimum Gasteiger partial charge on any atom is -0.486 e. The van der Waals surface area contributed by atoms with E-state index < -0.39 is 15.4 Å². The van der Waals surface area contributed by atoms with Crippen molar-refractivity contribution < 1.29 is 27.2 Å². The van der Waals surface area contributed by atoms with Gasteiger partial charge in [-0.15, -0.1) is 11.3 Å². The Hall–Kier alpha value is -0.830. The van der Waals surface area contributed by atoms with E-state index in [1.807, 2.05) is 10.8 Å². The molecule has 0 saturated heterocycles. The summed E-state index contributed by atoms with van der Waals surface area (Å²) < 4.78 is 49.3. The molecule has 1 atom stereocenters. The van der Waals surface area contributed by atoms with Crippen LogP contribution in [0.5, 0.6) is 11.5 Å². The first-order chi connectivity index (χ1) is 11.5. The SMILES string of the molecule is CCCCCCC(CCOC1COc2cscc2OC1)S(=O)(=O)O. The molecule has 6 nitrogen and oxygen atoms in total. The molecule has 8 heteroatoms. The van der Waals surface area contributed by atoms with Crippen molar-refractivity contribution in [3.05, 3.63) is 10.8 Å². The third-order valence-electron chi connectivity index (χ3n) is 4.04. The number of thiophene rings is 1. The van der Waals surface area contributed by atoms with Crippen molar-refractivity contribution in [2.75, 3.05) is 19.8 Å². The topological polar surface area (TPSA) is 82.1 Å². The van der Waals surface area contributed by atoms with Gasteiger partial charge in [-0.1, -0.05) is 32.6 Å². The van der Waals surface area contributed by atoms with E-state index in [4.69, 9.17) is 14.2 Å². The van der Waals surface area contributed by atoms with Gasteiger partial charge in [-0.25, -0.2) is 0 Å². The molecule has 0 spiro atoms. The van der Waals surface area contributed by atoms with Crippen molar-refractivity contribution in [3.8, 4) is 11.5 Å². The average molecular weight is 379 g/mol. The van der Waals surface area contributed by atoms with Gasteiger partial charge in [0.1, 0.15) is 19.3 Å². The minimum absolute atomic E-state index is 0.246. The van der Waals surface area contributed by atoms with Crippen LogP contribution in [0.2, 0.25) is 0 Å². The van der Waals surface area contributed by atoms with Crippen LogP contribution in [0.25, 0.3) is 0 Å². The molecule has 1 aromatic heterocycles. The fraction of sp³-hybridized carbons (Fsp3) is 0.750. The lowest BCUT2D eigenvalue weighted by molar-refractivity contribution is 0.00118.